The molecule has 2 atom stereocenters. The van der Waals surface area contributed by atoms with Crippen LogP contribution in [0.2, 0.25) is 0 Å². The molecular formula is C17H31N3O. The Morgan fingerprint density at radius 2 is 2.05 bits per heavy atom. The quantitative estimate of drug-likeness (QED) is 0.905. The molecule has 1 aliphatic carbocycles. The van der Waals surface area contributed by atoms with E-state index in [2.05, 4.69) is 37.6 Å². The topological polar surface area (TPSA) is 55.3 Å². The predicted molar refractivity (Wildman–Crippen MR) is 86.1 cm³/mol. The largest absolute Gasteiger partial charge is 0.444 e. The van der Waals surface area contributed by atoms with Crippen LogP contribution in [0.3, 0.4) is 0 Å². The first-order valence-electron chi connectivity index (χ1n) is 8.35. The van der Waals surface area contributed by atoms with E-state index in [1.54, 1.807) is 0 Å². The van der Waals surface area contributed by atoms with Gasteiger partial charge in [-0.15, -0.1) is 0 Å². The molecule has 4 heteroatoms. The van der Waals surface area contributed by atoms with E-state index in [4.69, 9.17) is 10.2 Å². The van der Waals surface area contributed by atoms with Crippen molar-refractivity contribution >= 4 is 0 Å². The molecule has 2 rings (SSSR count). The summed E-state index contributed by atoms with van der Waals surface area (Å²) in [5.74, 6) is 2.42. The second-order valence-corrected chi connectivity index (χ2v) is 7.28. The van der Waals surface area contributed by atoms with Gasteiger partial charge < -0.3 is 10.2 Å². The zero-order valence-corrected chi connectivity index (χ0v) is 14.1. The lowest BCUT2D eigenvalue weighted by atomic mass is 9.83. The maximum Gasteiger partial charge on any atom is 0.208 e. The van der Waals surface area contributed by atoms with Crippen molar-refractivity contribution in [1.29, 1.82) is 0 Å². The lowest BCUT2D eigenvalue weighted by Gasteiger charge is -2.38. The Morgan fingerprint density at radius 3 is 2.62 bits per heavy atom. The second kappa shape index (κ2) is 6.93. The highest BCUT2D eigenvalue weighted by Crippen LogP contribution is 2.29. The molecule has 1 aromatic rings. The van der Waals surface area contributed by atoms with E-state index in [0.717, 1.165) is 31.3 Å². The molecular weight excluding hydrogens is 262 g/mol. The van der Waals surface area contributed by atoms with Gasteiger partial charge in [0.1, 0.15) is 5.76 Å². The van der Waals surface area contributed by atoms with Gasteiger partial charge in [0.05, 0.1) is 12.7 Å². The molecule has 1 fully saturated rings. The van der Waals surface area contributed by atoms with Gasteiger partial charge in [0.15, 0.2) is 0 Å². The summed E-state index contributed by atoms with van der Waals surface area (Å²) >= 11 is 0. The highest BCUT2D eigenvalue weighted by atomic mass is 16.4. The van der Waals surface area contributed by atoms with Crippen LogP contribution < -0.4 is 5.73 Å². The summed E-state index contributed by atoms with van der Waals surface area (Å²) in [7, 11) is 0. The lowest BCUT2D eigenvalue weighted by molar-refractivity contribution is 0.0957. The molecule has 21 heavy (non-hydrogen) atoms. The summed E-state index contributed by atoms with van der Waals surface area (Å²) in [6.07, 6.45) is 7.03. The number of nitrogens with zero attached hydrogens (tertiary/aromatic N) is 2. The standard InChI is InChI=1S/C17H31N3O/c1-5-20(14-9-7-6-8-13(14)10-18)12-16-19-11-15(21-16)17(2,3)4/h11,13-14H,5-10,12,18H2,1-4H3. The third-order valence-electron chi connectivity index (χ3n) is 4.68. The third kappa shape index (κ3) is 4.07. The minimum atomic E-state index is 0.0208. The van der Waals surface area contributed by atoms with Crippen molar-refractivity contribution in [2.24, 2.45) is 11.7 Å². The van der Waals surface area contributed by atoms with Gasteiger partial charge in [-0.1, -0.05) is 40.5 Å². The number of nitrogens with two attached hydrogens (primary N) is 1. The average molecular weight is 293 g/mol. The van der Waals surface area contributed by atoms with Gasteiger partial charge in [0.2, 0.25) is 5.89 Å². The summed E-state index contributed by atoms with van der Waals surface area (Å²) in [6.45, 7) is 11.3. The molecule has 1 saturated carbocycles. The van der Waals surface area contributed by atoms with Gasteiger partial charge in [-0.25, -0.2) is 4.98 Å². The fraction of sp³-hybridized carbons (Fsp3) is 0.824. The molecule has 2 unspecified atom stereocenters. The molecule has 1 aliphatic rings. The summed E-state index contributed by atoms with van der Waals surface area (Å²) in [4.78, 5) is 6.97. The number of hydrogen-bond acceptors (Lipinski definition) is 4. The smallest absolute Gasteiger partial charge is 0.208 e. The van der Waals surface area contributed by atoms with Crippen molar-refractivity contribution in [2.75, 3.05) is 13.1 Å². The molecule has 1 heterocycles. The second-order valence-electron chi connectivity index (χ2n) is 7.28. The van der Waals surface area contributed by atoms with Gasteiger partial charge in [0.25, 0.3) is 0 Å². The van der Waals surface area contributed by atoms with E-state index >= 15 is 0 Å². The minimum absolute atomic E-state index is 0.0208. The predicted octanol–water partition coefficient (Wildman–Crippen LogP) is 3.31. The van der Waals surface area contributed by atoms with Crippen molar-refractivity contribution in [3.8, 4) is 0 Å². The van der Waals surface area contributed by atoms with Crippen LogP contribution in [0.15, 0.2) is 10.6 Å². The first-order valence-corrected chi connectivity index (χ1v) is 8.35. The molecule has 2 N–H and O–H groups in total. The Balaban J connectivity index is 2.06. The summed E-state index contributed by atoms with van der Waals surface area (Å²) < 4.78 is 5.96. The highest BCUT2D eigenvalue weighted by molar-refractivity contribution is 5.06. The molecule has 0 aromatic carbocycles. The van der Waals surface area contributed by atoms with Crippen LogP contribution in [0, 0.1) is 5.92 Å². The SMILES string of the molecule is CCN(Cc1ncc(C(C)(C)C)o1)C1CCCCC1CN. The monoisotopic (exact) mass is 293 g/mol. The third-order valence-corrected chi connectivity index (χ3v) is 4.68. The van der Waals surface area contributed by atoms with Crippen molar-refractivity contribution < 1.29 is 4.42 Å². The van der Waals surface area contributed by atoms with Crippen LogP contribution in [0.25, 0.3) is 0 Å². The molecule has 0 amide bonds. The summed E-state index contributed by atoms with van der Waals surface area (Å²) in [6, 6.07) is 0.582. The van der Waals surface area contributed by atoms with E-state index in [1.165, 1.54) is 25.7 Å². The molecule has 4 nitrogen and oxygen atoms in total. The zero-order valence-electron chi connectivity index (χ0n) is 14.1. The summed E-state index contributed by atoms with van der Waals surface area (Å²) in [5, 5.41) is 0. The Bertz CT molecular complexity index is 435. The minimum Gasteiger partial charge on any atom is -0.444 e. The Kier molecular flexibility index (Phi) is 5.44. The van der Waals surface area contributed by atoms with Crippen LogP contribution in [0.5, 0.6) is 0 Å². The van der Waals surface area contributed by atoms with E-state index in [1.807, 2.05) is 6.20 Å². The Morgan fingerprint density at radius 1 is 1.33 bits per heavy atom. The van der Waals surface area contributed by atoms with Gasteiger partial charge in [-0.05, 0) is 31.8 Å². The van der Waals surface area contributed by atoms with E-state index in [9.17, 15) is 0 Å². The lowest BCUT2D eigenvalue weighted by Crippen LogP contribution is -2.44. The molecule has 120 valence electrons. The number of aromatic nitrogens is 1. The van der Waals surface area contributed by atoms with E-state index in [-0.39, 0.29) is 5.41 Å². The maximum absolute atomic E-state index is 5.98. The maximum atomic E-state index is 5.98. The normalized spacial score (nSPS) is 23.7. The number of oxazole rings is 1. The van der Waals surface area contributed by atoms with Gasteiger partial charge in [-0.2, -0.15) is 0 Å². The average Bonchev–Trinajstić information content (AvgIpc) is 2.93. The molecule has 0 aliphatic heterocycles. The first-order chi connectivity index (χ1) is 9.95. The zero-order chi connectivity index (χ0) is 15.5. The Labute approximate surface area is 129 Å². The van der Waals surface area contributed by atoms with Crippen LogP contribution in [-0.2, 0) is 12.0 Å². The molecule has 0 bridgehead atoms. The van der Waals surface area contributed by atoms with Crippen LogP contribution in [-0.4, -0.2) is 29.0 Å². The molecule has 0 saturated heterocycles. The van der Waals surface area contributed by atoms with E-state index in [0.29, 0.717) is 12.0 Å². The first kappa shape index (κ1) is 16.5. The Hall–Kier alpha value is -0.870. The number of hydrogen-bond donors (Lipinski definition) is 1. The van der Waals surface area contributed by atoms with Crippen LogP contribution in [0.1, 0.15) is 65.0 Å². The van der Waals surface area contributed by atoms with Crippen LogP contribution in [0.4, 0.5) is 0 Å². The molecule has 1 aromatic heterocycles. The van der Waals surface area contributed by atoms with Gasteiger partial charge in [0, 0.05) is 11.5 Å². The highest BCUT2D eigenvalue weighted by Gasteiger charge is 2.29. The van der Waals surface area contributed by atoms with Gasteiger partial charge >= 0.3 is 0 Å². The van der Waals surface area contributed by atoms with E-state index < -0.39 is 0 Å². The fourth-order valence-corrected chi connectivity index (χ4v) is 3.31. The van der Waals surface area contributed by atoms with Crippen LogP contribution >= 0.6 is 0 Å². The van der Waals surface area contributed by atoms with Crippen molar-refractivity contribution in [3.63, 3.8) is 0 Å². The summed E-state index contributed by atoms with van der Waals surface area (Å²) in [5.41, 5.74) is 6.00. The number of rotatable bonds is 5. The van der Waals surface area contributed by atoms with Crippen molar-refractivity contribution in [2.45, 2.75) is 71.4 Å². The fourth-order valence-electron chi connectivity index (χ4n) is 3.31. The van der Waals surface area contributed by atoms with Gasteiger partial charge in [-0.3, -0.25) is 4.90 Å². The molecule has 0 spiro atoms. The van der Waals surface area contributed by atoms with Crippen molar-refractivity contribution in [3.05, 3.63) is 17.8 Å². The molecule has 0 radical (unpaired) electrons. The van der Waals surface area contributed by atoms with Crippen molar-refractivity contribution in [1.82, 2.24) is 9.88 Å².